The second-order valence-corrected chi connectivity index (χ2v) is 5.94. The lowest BCUT2D eigenvalue weighted by Gasteiger charge is -2.31. The Hall–Kier alpha value is -1.30. The van der Waals surface area contributed by atoms with Gasteiger partial charge < -0.3 is 5.32 Å². The number of nitro groups is 1. The maximum absolute atomic E-state index is 10.8. The molecule has 1 saturated carbocycles. The van der Waals surface area contributed by atoms with Gasteiger partial charge in [-0.3, -0.25) is 10.1 Å². The van der Waals surface area contributed by atoms with Crippen molar-refractivity contribution in [3.63, 3.8) is 0 Å². The summed E-state index contributed by atoms with van der Waals surface area (Å²) in [7, 11) is 0. The predicted molar refractivity (Wildman–Crippen MR) is 78.8 cm³/mol. The van der Waals surface area contributed by atoms with Crippen LogP contribution in [-0.4, -0.2) is 27.5 Å². The molecule has 2 rings (SSSR count). The highest BCUT2D eigenvalue weighted by molar-refractivity contribution is 7.99. The fraction of sp³-hybridized carbons (Fsp3) is 0.615. The van der Waals surface area contributed by atoms with E-state index in [1.54, 1.807) is 13.0 Å². The molecule has 1 aliphatic rings. The minimum absolute atomic E-state index is 0.0793. The smallest absolute Gasteiger partial charge is 0.290 e. The Kier molecular flexibility index (Phi) is 4.63. The number of aryl methyl sites for hydroxylation is 1. The molecule has 0 radical (unpaired) electrons. The highest BCUT2D eigenvalue weighted by Gasteiger charge is 2.24. The van der Waals surface area contributed by atoms with Gasteiger partial charge in [-0.25, -0.2) is 4.98 Å². The summed E-state index contributed by atoms with van der Waals surface area (Å²) < 4.78 is 0. The number of nitrogens with one attached hydrogen (secondary N) is 1. The monoisotopic (exact) mass is 281 g/mol. The van der Waals surface area contributed by atoms with Gasteiger partial charge in [0.2, 0.25) is 0 Å². The fourth-order valence-electron chi connectivity index (χ4n) is 2.56. The van der Waals surface area contributed by atoms with Crippen molar-refractivity contribution >= 4 is 23.3 Å². The molecule has 1 N–H and O–H groups in total. The van der Waals surface area contributed by atoms with E-state index in [2.05, 4.69) is 16.6 Å². The minimum atomic E-state index is -0.391. The van der Waals surface area contributed by atoms with Crippen LogP contribution in [0.3, 0.4) is 0 Å². The van der Waals surface area contributed by atoms with Crippen molar-refractivity contribution in [2.24, 2.45) is 0 Å². The Labute approximate surface area is 117 Å². The average Bonchev–Trinajstić information content (AvgIpc) is 2.39. The largest absolute Gasteiger partial charge is 0.366 e. The van der Waals surface area contributed by atoms with Crippen molar-refractivity contribution in [3.8, 4) is 0 Å². The third-order valence-corrected chi connectivity index (χ3v) is 4.76. The molecule has 5 nitrogen and oxygen atoms in total. The van der Waals surface area contributed by atoms with E-state index in [1.165, 1.54) is 25.3 Å². The minimum Gasteiger partial charge on any atom is -0.366 e. The third kappa shape index (κ3) is 3.37. The van der Waals surface area contributed by atoms with Crippen molar-refractivity contribution in [1.82, 2.24) is 4.98 Å². The predicted octanol–water partition coefficient (Wildman–Crippen LogP) is 3.38. The molecule has 1 aromatic heterocycles. The molecule has 1 aromatic rings. The lowest BCUT2D eigenvalue weighted by Crippen LogP contribution is -2.34. The van der Waals surface area contributed by atoms with Gasteiger partial charge in [-0.05, 0) is 32.1 Å². The molecule has 0 aliphatic heterocycles. The number of rotatable bonds is 4. The van der Waals surface area contributed by atoms with Crippen LogP contribution >= 0.6 is 11.8 Å². The Morgan fingerprint density at radius 3 is 2.79 bits per heavy atom. The molecule has 0 aromatic carbocycles. The zero-order valence-corrected chi connectivity index (χ0v) is 12.1. The summed E-state index contributed by atoms with van der Waals surface area (Å²) >= 11 is 1.89. The van der Waals surface area contributed by atoms with Crippen LogP contribution < -0.4 is 5.32 Å². The van der Waals surface area contributed by atoms with Gasteiger partial charge in [0.25, 0.3) is 5.69 Å². The summed E-state index contributed by atoms with van der Waals surface area (Å²) in [6, 6.07) is 3.65. The molecule has 19 heavy (non-hydrogen) atoms. The van der Waals surface area contributed by atoms with E-state index in [-0.39, 0.29) is 5.69 Å². The highest BCUT2D eigenvalue weighted by atomic mass is 32.2. The maximum Gasteiger partial charge on any atom is 0.290 e. The number of thioether (sulfide) groups is 1. The van der Waals surface area contributed by atoms with E-state index in [1.807, 2.05) is 11.8 Å². The van der Waals surface area contributed by atoms with E-state index in [0.29, 0.717) is 17.0 Å². The van der Waals surface area contributed by atoms with Gasteiger partial charge in [0.15, 0.2) is 0 Å². The third-order valence-electron chi connectivity index (χ3n) is 3.59. The van der Waals surface area contributed by atoms with E-state index in [9.17, 15) is 10.1 Å². The highest BCUT2D eigenvalue weighted by Crippen LogP contribution is 2.29. The average molecular weight is 281 g/mol. The van der Waals surface area contributed by atoms with Gasteiger partial charge >= 0.3 is 0 Å². The van der Waals surface area contributed by atoms with Crippen LogP contribution in [0.25, 0.3) is 0 Å². The Bertz CT molecular complexity index is 467. The zero-order valence-electron chi connectivity index (χ0n) is 11.3. The number of aromatic nitrogens is 1. The van der Waals surface area contributed by atoms with E-state index >= 15 is 0 Å². The standard InChI is InChI=1S/C13H19N3O2S/c1-9-11(16(17)18)7-8-13(14-9)15-10-5-3-4-6-12(10)19-2/h7-8,10,12H,3-6H2,1-2H3,(H,14,15). The van der Waals surface area contributed by atoms with Crippen molar-refractivity contribution in [2.75, 3.05) is 11.6 Å². The Morgan fingerprint density at radius 2 is 2.16 bits per heavy atom. The molecule has 2 atom stereocenters. The summed E-state index contributed by atoms with van der Waals surface area (Å²) in [4.78, 5) is 14.7. The SMILES string of the molecule is CSC1CCCCC1Nc1ccc([N+](=O)[O-])c(C)n1. The maximum atomic E-state index is 10.8. The molecule has 6 heteroatoms. The van der Waals surface area contributed by atoms with Crippen molar-refractivity contribution in [2.45, 2.75) is 43.9 Å². The number of pyridine rings is 1. The van der Waals surface area contributed by atoms with Gasteiger partial charge in [0.1, 0.15) is 11.5 Å². The van der Waals surface area contributed by atoms with Gasteiger partial charge in [0, 0.05) is 17.4 Å². The first-order chi connectivity index (χ1) is 9.11. The van der Waals surface area contributed by atoms with E-state index in [0.717, 1.165) is 12.2 Å². The molecule has 0 amide bonds. The van der Waals surface area contributed by atoms with Crippen LogP contribution in [0.2, 0.25) is 0 Å². The first-order valence-electron chi connectivity index (χ1n) is 6.53. The van der Waals surface area contributed by atoms with Crippen molar-refractivity contribution in [3.05, 3.63) is 27.9 Å². The molecule has 1 heterocycles. The first kappa shape index (κ1) is 14.1. The van der Waals surface area contributed by atoms with Gasteiger partial charge in [-0.15, -0.1) is 0 Å². The van der Waals surface area contributed by atoms with Crippen LogP contribution in [0.5, 0.6) is 0 Å². The van der Waals surface area contributed by atoms with Gasteiger partial charge in [0.05, 0.1) is 4.92 Å². The number of hydrogen-bond acceptors (Lipinski definition) is 5. The number of nitrogens with zero attached hydrogens (tertiary/aromatic N) is 2. The lowest BCUT2D eigenvalue weighted by molar-refractivity contribution is -0.385. The molecule has 1 fully saturated rings. The molecule has 2 unspecified atom stereocenters. The van der Waals surface area contributed by atoms with Crippen LogP contribution in [0, 0.1) is 17.0 Å². The van der Waals surface area contributed by atoms with Gasteiger partial charge in [-0.2, -0.15) is 11.8 Å². The summed E-state index contributed by atoms with van der Waals surface area (Å²) in [6.07, 6.45) is 7.03. The number of anilines is 1. The molecule has 0 saturated heterocycles. The van der Waals surface area contributed by atoms with Crippen LogP contribution in [0.1, 0.15) is 31.4 Å². The molecular weight excluding hydrogens is 262 g/mol. The summed E-state index contributed by atoms with van der Waals surface area (Å²) in [6.45, 7) is 1.68. The van der Waals surface area contributed by atoms with Crippen LogP contribution in [-0.2, 0) is 0 Å². The zero-order chi connectivity index (χ0) is 13.8. The number of hydrogen-bond donors (Lipinski definition) is 1. The van der Waals surface area contributed by atoms with E-state index in [4.69, 9.17) is 0 Å². The molecule has 0 bridgehead atoms. The van der Waals surface area contributed by atoms with E-state index < -0.39 is 4.92 Å². The summed E-state index contributed by atoms with van der Waals surface area (Å²) in [5.74, 6) is 0.744. The van der Waals surface area contributed by atoms with Crippen LogP contribution in [0.4, 0.5) is 11.5 Å². The van der Waals surface area contributed by atoms with Crippen LogP contribution in [0.15, 0.2) is 12.1 Å². The molecule has 1 aliphatic carbocycles. The Morgan fingerprint density at radius 1 is 1.42 bits per heavy atom. The molecular formula is C13H19N3O2S. The quantitative estimate of drug-likeness (QED) is 0.677. The van der Waals surface area contributed by atoms with Crippen molar-refractivity contribution < 1.29 is 4.92 Å². The lowest BCUT2D eigenvalue weighted by atomic mass is 9.95. The topological polar surface area (TPSA) is 68.1 Å². The van der Waals surface area contributed by atoms with Crippen molar-refractivity contribution in [1.29, 1.82) is 0 Å². The Balaban J connectivity index is 2.10. The second-order valence-electron chi connectivity index (χ2n) is 4.87. The van der Waals surface area contributed by atoms with Gasteiger partial charge in [-0.1, -0.05) is 12.8 Å². The molecule has 104 valence electrons. The summed E-state index contributed by atoms with van der Waals surface area (Å²) in [5.41, 5.74) is 0.544. The first-order valence-corrected chi connectivity index (χ1v) is 7.82. The second kappa shape index (κ2) is 6.23. The normalized spacial score (nSPS) is 23.1. The molecule has 0 spiro atoms. The fourth-order valence-corrected chi connectivity index (χ4v) is 3.50. The summed E-state index contributed by atoms with van der Waals surface area (Å²) in [5, 5.41) is 14.8.